The van der Waals surface area contributed by atoms with Gasteiger partial charge in [0, 0.05) is 19.0 Å². The first-order valence-electron chi connectivity index (χ1n) is 9.79. The molecule has 28 heavy (non-hydrogen) atoms. The summed E-state index contributed by atoms with van der Waals surface area (Å²) in [6, 6.07) is 28.3. The van der Waals surface area contributed by atoms with Crippen molar-refractivity contribution in [1.29, 1.82) is 0 Å². The summed E-state index contributed by atoms with van der Waals surface area (Å²) in [7, 11) is 2.10. The minimum absolute atomic E-state index is 0.0739. The number of hydrogen-bond acceptors (Lipinski definition) is 3. The highest BCUT2D eigenvalue weighted by Crippen LogP contribution is 2.57. The van der Waals surface area contributed by atoms with Crippen molar-refractivity contribution in [1.82, 2.24) is 4.90 Å². The lowest BCUT2D eigenvalue weighted by molar-refractivity contribution is 0.0223. The molecule has 1 saturated heterocycles. The summed E-state index contributed by atoms with van der Waals surface area (Å²) in [5, 5.41) is 0. The molecule has 0 unspecified atom stereocenters. The van der Waals surface area contributed by atoms with Crippen LogP contribution in [0.25, 0.3) is 0 Å². The zero-order valence-corrected chi connectivity index (χ0v) is 15.9. The fourth-order valence-corrected chi connectivity index (χ4v) is 5.03. The second kappa shape index (κ2) is 6.61. The third-order valence-electron chi connectivity index (χ3n) is 6.22. The van der Waals surface area contributed by atoms with Gasteiger partial charge in [-0.1, -0.05) is 72.8 Å². The monoisotopic (exact) mass is 369 g/mol. The quantitative estimate of drug-likeness (QED) is 0.655. The summed E-state index contributed by atoms with van der Waals surface area (Å²) >= 11 is 0. The van der Waals surface area contributed by atoms with Crippen LogP contribution in [0.5, 0.6) is 5.75 Å². The minimum atomic E-state index is -0.647. The number of ketones is 1. The molecule has 3 nitrogen and oxygen atoms in total. The van der Waals surface area contributed by atoms with Gasteiger partial charge in [-0.2, -0.15) is 0 Å². The van der Waals surface area contributed by atoms with E-state index in [2.05, 4.69) is 48.3 Å². The lowest BCUT2D eigenvalue weighted by Gasteiger charge is -2.44. The van der Waals surface area contributed by atoms with Gasteiger partial charge in [0.05, 0.1) is 11.0 Å². The van der Waals surface area contributed by atoms with Gasteiger partial charge in [0.15, 0.2) is 5.78 Å². The summed E-state index contributed by atoms with van der Waals surface area (Å²) in [6.45, 7) is 1.52. The molecule has 3 heteroatoms. The number of rotatable bonds is 2. The predicted molar refractivity (Wildman–Crippen MR) is 110 cm³/mol. The number of nitrogens with zero attached hydrogens (tertiary/aromatic N) is 1. The summed E-state index contributed by atoms with van der Waals surface area (Å²) in [5.41, 5.74) is 2.31. The lowest BCUT2D eigenvalue weighted by atomic mass is 9.63. The Morgan fingerprint density at radius 1 is 0.857 bits per heavy atom. The average Bonchev–Trinajstić information content (AvgIpc) is 3.10. The largest absolute Gasteiger partial charge is 0.484 e. The molecule has 0 aliphatic carbocycles. The molecule has 1 spiro atoms. The summed E-state index contributed by atoms with van der Waals surface area (Å²) in [5.74, 6) is 0.958. The Hall–Kier alpha value is -2.91. The molecule has 0 N–H and O–H groups in total. The lowest BCUT2D eigenvalue weighted by Crippen LogP contribution is -2.48. The molecular formula is C25H23NO2. The number of ether oxygens (including phenoxy) is 1. The Balaban J connectivity index is 1.74. The van der Waals surface area contributed by atoms with E-state index in [1.165, 1.54) is 5.56 Å². The molecule has 0 saturated carbocycles. The van der Waals surface area contributed by atoms with Crippen LogP contribution in [0.4, 0.5) is 0 Å². The molecule has 2 aliphatic heterocycles. The van der Waals surface area contributed by atoms with E-state index in [-0.39, 0.29) is 17.8 Å². The van der Waals surface area contributed by atoms with E-state index < -0.39 is 5.41 Å². The maximum absolute atomic E-state index is 14.0. The first-order chi connectivity index (χ1) is 13.7. The van der Waals surface area contributed by atoms with Gasteiger partial charge in [0.2, 0.25) is 0 Å². The maximum Gasteiger partial charge on any atom is 0.178 e. The van der Waals surface area contributed by atoms with E-state index in [0.29, 0.717) is 17.9 Å². The first kappa shape index (κ1) is 17.2. The summed E-state index contributed by atoms with van der Waals surface area (Å²) in [6.07, 6.45) is -0.314. The predicted octanol–water partition coefficient (Wildman–Crippen LogP) is 4.72. The molecular weight excluding hydrogens is 346 g/mol. The Bertz CT molecular complexity index is 1000. The number of Topliss-reactive ketones (excluding diaryl/α,β-unsaturated/α-hetero) is 1. The van der Waals surface area contributed by atoms with Gasteiger partial charge in [-0.3, -0.25) is 4.79 Å². The maximum atomic E-state index is 14.0. The summed E-state index contributed by atoms with van der Waals surface area (Å²) in [4.78, 5) is 16.3. The van der Waals surface area contributed by atoms with Crippen molar-refractivity contribution in [2.75, 3.05) is 20.1 Å². The standard InChI is InChI=1S/C25H23NO2/c1-26-16-21(18-10-4-2-5-11-18)25(17-26)23(27)20-14-8-9-15-22(20)28-24(25)19-12-6-3-7-13-19/h2-15,21,24H,16-17H2,1H3/t21-,24-,25-/m0/s1. The molecule has 3 aromatic carbocycles. The zero-order valence-electron chi connectivity index (χ0n) is 15.9. The highest BCUT2D eigenvalue weighted by Gasteiger charge is 2.60. The van der Waals surface area contributed by atoms with Gasteiger partial charge >= 0.3 is 0 Å². The van der Waals surface area contributed by atoms with Gasteiger partial charge < -0.3 is 9.64 Å². The van der Waals surface area contributed by atoms with Crippen molar-refractivity contribution in [2.45, 2.75) is 12.0 Å². The van der Waals surface area contributed by atoms with E-state index in [1.807, 2.05) is 48.5 Å². The third kappa shape index (κ3) is 2.50. The fourth-order valence-electron chi connectivity index (χ4n) is 5.03. The van der Waals surface area contributed by atoms with Crippen molar-refractivity contribution < 1.29 is 9.53 Å². The van der Waals surface area contributed by atoms with Crippen molar-refractivity contribution >= 4 is 5.78 Å². The van der Waals surface area contributed by atoms with Gasteiger partial charge in [-0.25, -0.2) is 0 Å². The van der Waals surface area contributed by atoms with Crippen molar-refractivity contribution in [3.63, 3.8) is 0 Å². The van der Waals surface area contributed by atoms with Crippen LogP contribution < -0.4 is 4.74 Å². The topological polar surface area (TPSA) is 29.5 Å². The third-order valence-corrected chi connectivity index (χ3v) is 6.22. The number of para-hydroxylation sites is 1. The van der Waals surface area contributed by atoms with Gasteiger partial charge in [-0.05, 0) is 30.3 Å². The molecule has 0 radical (unpaired) electrons. The number of carbonyl (C=O) groups excluding carboxylic acids is 1. The van der Waals surface area contributed by atoms with Crippen LogP contribution in [0.3, 0.4) is 0 Å². The van der Waals surface area contributed by atoms with Crippen LogP contribution in [0.2, 0.25) is 0 Å². The van der Waals surface area contributed by atoms with Crippen molar-refractivity contribution in [2.24, 2.45) is 5.41 Å². The Morgan fingerprint density at radius 3 is 2.18 bits per heavy atom. The number of likely N-dealkylation sites (N-methyl/N-ethyl adjacent to an activating group) is 1. The Labute approximate surface area is 165 Å². The first-order valence-corrected chi connectivity index (χ1v) is 9.79. The molecule has 0 aromatic heterocycles. The SMILES string of the molecule is CN1C[C@@H](c2ccccc2)[C@@]2(C1)C(=O)c1ccccc1O[C@H]2c1ccccc1. The number of benzene rings is 3. The average molecular weight is 369 g/mol. The van der Waals surface area contributed by atoms with E-state index in [0.717, 1.165) is 12.1 Å². The molecule has 3 atom stereocenters. The molecule has 0 amide bonds. The van der Waals surface area contributed by atoms with E-state index >= 15 is 0 Å². The normalized spacial score (nSPS) is 26.8. The molecule has 0 bridgehead atoms. The van der Waals surface area contributed by atoms with Gasteiger partial charge in [-0.15, -0.1) is 0 Å². The van der Waals surface area contributed by atoms with Crippen molar-refractivity contribution in [3.8, 4) is 5.75 Å². The van der Waals surface area contributed by atoms with E-state index in [4.69, 9.17) is 4.74 Å². The molecule has 5 rings (SSSR count). The highest BCUT2D eigenvalue weighted by atomic mass is 16.5. The van der Waals surface area contributed by atoms with E-state index in [1.54, 1.807) is 0 Å². The minimum Gasteiger partial charge on any atom is -0.484 e. The van der Waals surface area contributed by atoms with Crippen LogP contribution in [-0.4, -0.2) is 30.8 Å². The van der Waals surface area contributed by atoms with Gasteiger partial charge in [0.25, 0.3) is 0 Å². The van der Waals surface area contributed by atoms with E-state index in [9.17, 15) is 4.79 Å². The van der Waals surface area contributed by atoms with Crippen LogP contribution in [0.15, 0.2) is 84.9 Å². The summed E-state index contributed by atoms with van der Waals surface area (Å²) < 4.78 is 6.58. The van der Waals surface area contributed by atoms with Gasteiger partial charge in [0.1, 0.15) is 11.9 Å². The number of carbonyl (C=O) groups is 1. The van der Waals surface area contributed by atoms with Crippen LogP contribution in [-0.2, 0) is 0 Å². The van der Waals surface area contributed by atoms with Crippen LogP contribution >= 0.6 is 0 Å². The number of fused-ring (bicyclic) bond motifs is 1. The Kier molecular flexibility index (Phi) is 4.06. The molecule has 3 aromatic rings. The second-order valence-electron chi connectivity index (χ2n) is 7.93. The molecule has 1 fully saturated rings. The highest BCUT2D eigenvalue weighted by molar-refractivity contribution is 6.05. The molecule has 2 heterocycles. The molecule has 140 valence electrons. The smallest absolute Gasteiger partial charge is 0.178 e. The Morgan fingerprint density at radius 2 is 1.46 bits per heavy atom. The fraction of sp³-hybridized carbons (Fsp3) is 0.240. The molecule has 2 aliphatic rings. The van der Waals surface area contributed by atoms with Crippen LogP contribution in [0, 0.1) is 5.41 Å². The second-order valence-corrected chi connectivity index (χ2v) is 7.93. The number of hydrogen-bond donors (Lipinski definition) is 0. The number of likely N-dealkylation sites (tertiary alicyclic amines) is 1. The van der Waals surface area contributed by atoms with Crippen molar-refractivity contribution in [3.05, 3.63) is 102 Å². The van der Waals surface area contributed by atoms with Crippen LogP contribution in [0.1, 0.15) is 33.5 Å². The zero-order chi connectivity index (χ0) is 19.1.